The van der Waals surface area contributed by atoms with Crippen molar-refractivity contribution < 1.29 is 14.3 Å². The van der Waals surface area contributed by atoms with Gasteiger partial charge in [0.15, 0.2) is 0 Å². The minimum Gasteiger partial charge on any atom is -0.497 e. The highest BCUT2D eigenvalue weighted by Gasteiger charge is 2.20. The smallest absolute Gasteiger partial charge is 0.241 e. The molecule has 2 N–H and O–H groups in total. The quantitative estimate of drug-likeness (QED) is 0.801. The van der Waals surface area contributed by atoms with Crippen LogP contribution in [0.25, 0.3) is 0 Å². The van der Waals surface area contributed by atoms with Crippen LogP contribution in [0.5, 0.6) is 5.75 Å². The third kappa shape index (κ3) is 5.60. The van der Waals surface area contributed by atoms with E-state index in [4.69, 9.17) is 4.74 Å². The van der Waals surface area contributed by atoms with Crippen molar-refractivity contribution >= 4 is 23.2 Å². The summed E-state index contributed by atoms with van der Waals surface area (Å²) in [6.45, 7) is 3.86. The van der Waals surface area contributed by atoms with Crippen molar-refractivity contribution in [3.63, 3.8) is 0 Å². The molecule has 1 atom stereocenters. The number of ether oxygens (including phenoxy) is 1. The van der Waals surface area contributed by atoms with Gasteiger partial charge in [-0.05, 0) is 45.2 Å². The minimum atomic E-state index is -0.468. The molecule has 6 heteroatoms. The van der Waals surface area contributed by atoms with E-state index < -0.39 is 6.04 Å². The maximum atomic E-state index is 12.4. The molecule has 138 valence electrons. The third-order valence-corrected chi connectivity index (χ3v) is 4.11. The predicted molar refractivity (Wildman–Crippen MR) is 104 cm³/mol. The van der Waals surface area contributed by atoms with Crippen LogP contribution in [0, 0.1) is 6.92 Å². The highest BCUT2D eigenvalue weighted by Crippen LogP contribution is 2.17. The number of hydrogen-bond donors (Lipinski definition) is 2. The number of nitrogens with zero attached hydrogens (tertiary/aromatic N) is 1. The lowest BCUT2D eigenvalue weighted by molar-refractivity contribution is -0.122. The highest BCUT2D eigenvalue weighted by molar-refractivity contribution is 5.96. The lowest BCUT2D eigenvalue weighted by Crippen LogP contribution is -2.43. The van der Waals surface area contributed by atoms with E-state index in [1.165, 1.54) is 0 Å². The number of carbonyl (C=O) groups excluding carboxylic acids is 2. The number of amides is 2. The molecule has 2 amide bonds. The fraction of sp³-hybridized carbons (Fsp3) is 0.300. The topological polar surface area (TPSA) is 70.7 Å². The second-order valence-electron chi connectivity index (χ2n) is 6.23. The standard InChI is InChI=1S/C20H25N3O3/c1-14-8-10-16(11-9-14)21-19(24)13-23(3)15(2)20(25)22-17-6-5-7-18(12-17)26-4/h5-12,15H,13H2,1-4H3,(H,21,24)(H,22,25)/t15-/m1/s1. The van der Waals surface area contributed by atoms with Crippen LogP contribution in [0.3, 0.4) is 0 Å². The van der Waals surface area contributed by atoms with Gasteiger partial charge >= 0.3 is 0 Å². The molecule has 0 saturated heterocycles. The van der Waals surface area contributed by atoms with E-state index >= 15 is 0 Å². The molecule has 0 aliphatic carbocycles. The fourth-order valence-corrected chi connectivity index (χ4v) is 2.35. The number of rotatable bonds is 7. The molecular formula is C20H25N3O3. The van der Waals surface area contributed by atoms with Crippen LogP contribution in [-0.2, 0) is 9.59 Å². The summed E-state index contributed by atoms with van der Waals surface area (Å²) in [6.07, 6.45) is 0. The molecule has 2 rings (SSSR count). The van der Waals surface area contributed by atoms with Gasteiger partial charge in [0, 0.05) is 17.4 Å². The van der Waals surface area contributed by atoms with Gasteiger partial charge in [-0.2, -0.15) is 0 Å². The molecule has 0 aromatic heterocycles. The molecule has 0 spiro atoms. The highest BCUT2D eigenvalue weighted by atomic mass is 16.5. The van der Waals surface area contributed by atoms with Gasteiger partial charge in [-0.25, -0.2) is 0 Å². The van der Waals surface area contributed by atoms with Crippen LogP contribution in [0.1, 0.15) is 12.5 Å². The van der Waals surface area contributed by atoms with Crippen molar-refractivity contribution in [1.29, 1.82) is 0 Å². The number of aryl methyl sites for hydroxylation is 1. The molecule has 2 aromatic carbocycles. The SMILES string of the molecule is COc1cccc(NC(=O)[C@@H](C)N(C)CC(=O)Nc2ccc(C)cc2)c1. The molecule has 0 bridgehead atoms. The largest absolute Gasteiger partial charge is 0.497 e. The maximum Gasteiger partial charge on any atom is 0.241 e. The Hall–Kier alpha value is -2.86. The monoisotopic (exact) mass is 355 g/mol. The van der Waals surface area contributed by atoms with E-state index in [-0.39, 0.29) is 18.4 Å². The summed E-state index contributed by atoms with van der Waals surface area (Å²) >= 11 is 0. The molecular weight excluding hydrogens is 330 g/mol. The van der Waals surface area contributed by atoms with E-state index in [1.54, 1.807) is 50.2 Å². The van der Waals surface area contributed by atoms with Crippen LogP contribution in [0.15, 0.2) is 48.5 Å². The minimum absolute atomic E-state index is 0.112. The normalized spacial score (nSPS) is 11.7. The van der Waals surface area contributed by atoms with Gasteiger partial charge in [0.25, 0.3) is 0 Å². The number of anilines is 2. The summed E-state index contributed by atoms with van der Waals surface area (Å²) in [4.78, 5) is 26.3. The molecule has 0 aliphatic rings. The Morgan fingerprint density at radius 1 is 1.08 bits per heavy atom. The van der Waals surface area contributed by atoms with E-state index in [0.29, 0.717) is 11.4 Å². The number of nitrogens with one attached hydrogen (secondary N) is 2. The van der Waals surface area contributed by atoms with E-state index in [2.05, 4.69) is 10.6 Å². The summed E-state index contributed by atoms with van der Waals surface area (Å²) in [7, 11) is 3.31. The Kier molecular flexibility index (Phi) is 6.74. The predicted octanol–water partition coefficient (Wildman–Crippen LogP) is 2.90. The lowest BCUT2D eigenvalue weighted by atomic mass is 10.2. The van der Waals surface area contributed by atoms with Crippen LogP contribution in [-0.4, -0.2) is 43.5 Å². The van der Waals surface area contributed by atoms with Gasteiger partial charge in [0.05, 0.1) is 19.7 Å². The zero-order valence-electron chi connectivity index (χ0n) is 15.6. The number of carbonyl (C=O) groups is 2. The van der Waals surface area contributed by atoms with Crippen molar-refractivity contribution in [3.05, 3.63) is 54.1 Å². The first-order chi connectivity index (χ1) is 12.4. The molecule has 0 radical (unpaired) electrons. The van der Waals surface area contributed by atoms with Crippen molar-refractivity contribution in [2.75, 3.05) is 31.3 Å². The van der Waals surface area contributed by atoms with Crippen LogP contribution < -0.4 is 15.4 Å². The molecule has 0 saturated carbocycles. The second kappa shape index (κ2) is 9.01. The molecule has 0 heterocycles. The Morgan fingerprint density at radius 2 is 1.77 bits per heavy atom. The third-order valence-electron chi connectivity index (χ3n) is 4.11. The molecule has 2 aromatic rings. The van der Waals surface area contributed by atoms with Gasteiger partial charge in [-0.1, -0.05) is 23.8 Å². The van der Waals surface area contributed by atoms with Crippen LogP contribution in [0.2, 0.25) is 0 Å². The molecule has 0 aliphatic heterocycles. The van der Waals surface area contributed by atoms with E-state index in [9.17, 15) is 9.59 Å². The lowest BCUT2D eigenvalue weighted by Gasteiger charge is -2.23. The maximum absolute atomic E-state index is 12.4. The Morgan fingerprint density at radius 3 is 2.42 bits per heavy atom. The zero-order chi connectivity index (χ0) is 19.1. The number of methoxy groups -OCH3 is 1. The van der Waals surface area contributed by atoms with Crippen LogP contribution >= 0.6 is 0 Å². The summed E-state index contributed by atoms with van der Waals surface area (Å²) < 4.78 is 5.15. The summed E-state index contributed by atoms with van der Waals surface area (Å²) in [6, 6.07) is 14.3. The zero-order valence-corrected chi connectivity index (χ0v) is 15.6. The van der Waals surface area contributed by atoms with Gasteiger partial charge < -0.3 is 15.4 Å². The molecule has 26 heavy (non-hydrogen) atoms. The Bertz CT molecular complexity index is 759. The first-order valence-corrected chi connectivity index (χ1v) is 8.40. The fourth-order valence-electron chi connectivity index (χ4n) is 2.35. The first kappa shape index (κ1) is 19.5. The number of hydrogen-bond acceptors (Lipinski definition) is 4. The van der Waals surface area contributed by atoms with Gasteiger partial charge in [-0.15, -0.1) is 0 Å². The summed E-state index contributed by atoms with van der Waals surface area (Å²) in [5, 5.41) is 5.66. The van der Waals surface area contributed by atoms with Gasteiger partial charge in [-0.3, -0.25) is 14.5 Å². The average Bonchev–Trinajstić information content (AvgIpc) is 2.63. The number of likely N-dealkylation sites (N-methyl/N-ethyl adjacent to an activating group) is 1. The van der Waals surface area contributed by atoms with Crippen molar-refractivity contribution in [2.45, 2.75) is 19.9 Å². The van der Waals surface area contributed by atoms with E-state index in [0.717, 1.165) is 11.3 Å². The van der Waals surface area contributed by atoms with Crippen molar-refractivity contribution in [1.82, 2.24) is 4.90 Å². The van der Waals surface area contributed by atoms with E-state index in [1.807, 2.05) is 31.2 Å². The average molecular weight is 355 g/mol. The number of benzene rings is 2. The summed E-state index contributed by atoms with van der Waals surface area (Å²) in [5.74, 6) is 0.308. The molecule has 6 nitrogen and oxygen atoms in total. The van der Waals surface area contributed by atoms with Gasteiger partial charge in [0.2, 0.25) is 11.8 Å². The van der Waals surface area contributed by atoms with Crippen molar-refractivity contribution in [2.24, 2.45) is 0 Å². The second-order valence-corrected chi connectivity index (χ2v) is 6.23. The first-order valence-electron chi connectivity index (χ1n) is 8.40. The summed E-state index contributed by atoms with van der Waals surface area (Å²) in [5.41, 5.74) is 2.52. The van der Waals surface area contributed by atoms with Gasteiger partial charge in [0.1, 0.15) is 5.75 Å². The van der Waals surface area contributed by atoms with Crippen LogP contribution in [0.4, 0.5) is 11.4 Å². The Balaban J connectivity index is 1.88. The van der Waals surface area contributed by atoms with Crippen molar-refractivity contribution in [3.8, 4) is 5.75 Å². The molecule has 0 fully saturated rings. The molecule has 0 unspecified atom stereocenters. The Labute approximate surface area is 154 Å².